The zero-order chi connectivity index (χ0) is 19.3. The summed E-state index contributed by atoms with van der Waals surface area (Å²) in [6.45, 7) is 3.43. The Hall–Kier alpha value is -3.19. The molecule has 1 amide bonds. The van der Waals surface area contributed by atoms with Gasteiger partial charge in [-0.3, -0.25) is 9.78 Å². The van der Waals surface area contributed by atoms with Crippen LogP contribution in [0.4, 0.5) is 5.69 Å². The van der Waals surface area contributed by atoms with E-state index in [4.69, 9.17) is 4.74 Å². The minimum atomic E-state index is -0.132. The van der Waals surface area contributed by atoms with Crippen LogP contribution in [-0.4, -0.2) is 59.1 Å². The summed E-state index contributed by atoms with van der Waals surface area (Å²) in [7, 11) is 1.76. The molecule has 3 aromatic rings. The van der Waals surface area contributed by atoms with E-state index in [0.29, 0.717) is 25.5 Å². The molecule has 1 N–H and O–H groups in total. The first kappa shape index (κ1) is 18.2. The predicted molar refractivity (Wildman–Crippen MR) is 107 cm³/mol. The molecule has 0 bridgehead atoms. The number of imidazole rings is 1. The van der Waals surface area contributed by atoms with Gasteiger partial charge in [0.05, 0.1) is 31.6 Å². The average molecular weight is 377 g/mol. The number of hydrogen-bond acceptors (Lipinski definition) is 5. The van der Waals surface area contributed by atoms with Gasteiger partial charge in [-0.25, -0.2) is 4.98 Å². The topological polar surface area (TPSA) is 74.4 Å². The standard InChI is InChI=1S/C21H23N5O2/c1-25(15-20-23-14-19(24-20)16-5-3-2-4-6-16)21(27)18-13-17(7-8-22-18)26-9-11-28-12-10-26/h2-8,13-14H,9-12,15H2,1H3,(H,23,24). The van der Waals surface area contributed by atoms with Gasteiger partial charge >= 0.3 is 0 Å². The molecule has 0 aliphatic carbocycles. The van der Waals surface area contributed by atoms with Gasteiger partial charge in [0, 0.05) is 32.0 Å². The Bertz CT molecular complexity index is 935. The number of hydrogen-bond donors (Lipinski definition) is 1. The third kappa shape index (κ3) is 4.04. The largest absolute Gasteiger partial charge is 0.378 e. The third-order valence-corrected chi connectivity index (χ3v) is 4.79. The zero-order valence-electron chi connectivity index (χ0n) is 15.8. The maximum Gasteiger partial charge on any atom is 0.272 e. The van der Waals surface area contributed by atoms with Crippen LogP contribution < -0.4 is 4.90 Å². The predicted octanol–water partition coefficient (Wildman–Crippen LogP) is 2.58. The summed E-state index contributed by atoms with van der Waals surface area (Å²) in [5.74, 6) is 0.604. The van der Waals surface area contributed by atoms with E-state index in [1.165, 1.54) is 0 Å². The zero-order valence-corrected chi connectivity index (χ0v) is 15.8. The SMILES string of the molecule is CN(Cc1ncc(-c2ccccc2)[nH]1)C(=O)c1cc(N2CCOCC2)ccn1. The number of carbonyl (C=O) groups excluding carboxylic acids is 1. The number of carbonyl (C=O) groups is 1. The summed E-state index contributed by atoms with van der Waals surface area (Å²) in [6.07, 6.45) is 3.48. The number of aromatic nitrogens is 3. The lowest BCUT2D eigenvalue weighted by atomic mass is 10.2. The fraction of sp³-hybridized carbons (Fsp3) is 0.286. The summed E-state index contributed by atoms with van der Waals surface area (Å²) >= 11 is 0. The molecule has 2 aromatic heterocycles. The van der Waals surface area contributed by atoms with Gasteiger partial charge in [0.25, 0.3) is 5.91 Å². The number of nitrogens with one attached hydrogen (secondary N) is 1. The number of H-pyrrole nitrogens is 1. The van der Waals surface area contributed by atoms with E-state index in [1.807, 2.05) is 42.5 Å². The quantitative estimate of drug-likeness (QED) is 0.740. The maximum absolute atomic E-state index is 12.8. The molecule has 7 nitrogen and oxygen atoms in total. The van der Waals surface area contributed by atoms with Crippen molar-refractivity contribution in [3.05, 3.63) is 66.4 Å². The summed E-state index contributed by atoms with van der Waals surface area (Å²) in [6, 6.07) is 13.8. The van der Waals surface area contributed by atoms with Gasteiger partial charge < -0.3 is 19.5 Å². The van der Waals surface area contributed by atoms with Gasteiger partial charge in [0.1, 0.15) is 11.5 Å². The van der Waals surface area contributed by atoms with Gasteiger partial charge in [-0.1, -0.05) is 30.3 Å². The van der Waals surface area contributed by atoms with E-state index >= 15 is 0 Å². The van der Waals surface area contributed by atoms with Crippen LogP contribution in [-0.2, 0) is 11.3 Å². The Morgan fingerprint density at radius 2 is 1.96 bits per heavy atom. The molecule has 0 radical (unpaired) electrons. The highest BCUT2D eigenvalue weighted by Gasteiger charge is 2.18. The third-order valence-electron chi connectivity index (χ3n) is 4.79. The van der Waals surface area contributed by atoms with Gasteiger partial charge in [0.2, 0.25) is 0 Å². The van der Waals surface area contributed by atoms with Crippen molar-refractivity contribution in [2.45, 2.75) is 6.54 Å². The van der Waals surface area contributed by atoms with Crippen molar-refractivity contribution in [3.8, 4) is 11.3 Å². The highest BCUT2D eigenvalue weighted by Crippen LogP contribution is 2.19. The van der Waals surface area contributed by atoms with E-state index in [9.17, 15) is 4.79 Å². The Balaban J connectivity index is 1.44. The van der Waals surface area contributed by atoms with Gasteiger partial charge in [-0.2, -0.15) is 0 Å². The van der Waals surface area contributed by atoms with Crippen molar-refractivity contribution in [1.82, 2.24) is 19.9 Å². The minimum absolute atomic E-state index is 0.132. The van der Waals surface area contributed by atoms with E-state index in [0.717, 1.165) is 35.9 Å². The van der Waals surface area contributed by atoms with Gasteiger partial charge in [-0.05, 0) is 17.7 Å². The van der Waals surface area contributed by atoms with E-state index in [-0.39, 0.29) is 5.91 Å². The maximum atomic E-state index is 12.8. The highest BCUT2D eigenvalue weighted by atomic mass is 16.5. The summed E-state index contributed by atoms with van der Waals surface area (Å²) in [5, 5.41) is 0. The fourth-order valence-electron chi connectivity index (χ4n) is 3.25. The van der Waals surface area contributed by atoms with Gasteiger partial charge in [0.15, 0.2) is 0 Å². The molecule has 0 spiro atoms. The number of morpholine rings is 1. The molecule has 1 saturated heterocycles. The number of amides is 1. The molecular formula is C21H23N5O2. The molecule has 1 aliphatic rings. The first-order chi connectivity index (χ1) is 13.7. The van der Waals surface area contributed by atoms with Crippen LogP contribution in [0.25, 0.3) is 11.3 Å². The van der Waals surface area contributed by atoms with Crippen LogP contribution in [0.2, 0.25) is 0 Å². The number of benzene rings is 1. The van der Waals surface area contributed by atoms with Crippen molar-refractivity contribution >= 4 is 11.6 Å². The normalized spacial score (nSPS) is 14.1. The lowest BCUT2D eigenvalue weighted by Crippen LogP contribution is -2.36. The van der Waals surface area contributed by atoms with Crippen molar-refractivity contribution in [2.24, 2.45) is 0 Å². The molecule has 1 aliphatic heterocycles. The number of ether oxygens (including phenoxy) is 1. The molecule has 4 rings (SSSR count). The van der Waals surface area contributed by atoms with Crippen molar-refractivity contribution in [3.63, 3.8) is 0 Å². The van der Waals surface area contributed by atoms with Crippen LogP contribution in [0.5, 0.6) is 0 Å². The summed E-state index contributed by atoms with van der Waals surface area (Å²) in [5.41, 5.74) is 3.43. The molecule has 0 atom stereocenters. The van der Waals surface area contributed by atoms with Crippen LogP contribution in [0.1, 0.15) is 16.3 Å². The fourth-order valence-corrected chi connectivity index (χ4v) is 3.25. The Kier molecular flexibility index (Phi) is 5.34. The average Bonchev–Trinajstić information content (AvgIpc) is 3.23. The summed E-state index contributed by atoms with van der Waals surface area (Å²) < 4.78 is 5.39. The Labute approximate surface area is 164 Å². The molecule has 0 unspecified atom stereocenters. The number of pyridine rings is 1. The second kappa shape index (κ2) is 8.22. The lowest BCUT2D eigenvalue weighted by Gasteiger charge is -2.29. The monoisotopic (exact) mass is 377 g/mol. The van der Waals surface area contributed by atoms with Crippen molar-refractivity contribution < 1.29 is 9.53 Å². The lowest BCUT2D eigenvalue weighted by molar-refractivity contribution is 0.0776. The molecule has 7 heteroatoms. The van der Waals surface area contributed by atoms with Crippen molar-refractivity contribution in [2.75, 3.05) is 38.3 Å². The second-order valence-electron chi connectivity index (χ2n) is 6.77. The number of nitrogens with zero attached hydrogens (tertiary/aromatic N) is 4. The van der Waals surface area contributed by atoms with Crippen molar-refractivity contribution in [1.29, 1.82) is 0 Å². The molecule has 28 heavy (non-hydrogen) atoms. The first-order valence-corrected chi connectivity index (χ1v) is 9.34. The number of aromatic amines is 1. The highest BCUT2D eigenvalue weighted by molar-refractivity contribution is 5.93. The molecule has 144 valence electrons. The second-order valence-corrected chi connectivity index (χ2v) is 6.77. The van der Waals surface area contributed by atoms with E-state index < -0.39 is 0 Å². The Morgan fingerprint density at radius 1 is 1.18 bits per heavy atom. The molecule has 1 fully saturated rings. The molecular weight excluding hydrogens is 354 g/mol. The van der Waals surface area contributed by atoms with E-state index in [2.05, 4.69) is 19.9 Å². The minimum Gasteiger partial charge on any atom is -0.378 e. The molecule has 0 saturated carbocycles. The van der Waals surface area contributed by atoms with Crippen LogP contribution in [0.15, 0.2) is 54.9 Å². The Morgan fingerprint density at radius 3 is 2.75 bits per heavy atom. The number of anilines is 1. The first-order valence-electron chi connectivity index (χ1n) is 9.34. The number of rotatable bonds is 5. The molecule has 1 aromatic carbocycles. The summed E-state index contributed by atoms with van der Waals surface area (Å²) in [4.78, 5) is 28.6. The van der Waals surface area contributed by atoms with Crippen LogP contribution in [0, 0.1) is 0 Å². The van der Waals surface area contributed by atoms with E-state index in [1.54, 1.807) is 24.3 Å². The van der Waals surface area contributed by atoms with Gasteiger partial charge in [-0.15, -0.1) is 0 Å². The molecule has 3 heterocycles. The van der Waals surface area contributed by atoms with Crippen LogP contribution >= 0.6 is 0 Å². The van der Waals surface area contributed by atoms with Crippen LogP contribution in [0.3, 0.4) is 0 Å². The smallest absolute Gasteiger partial charge is 0.272 e.